The van der Waals surface area contributed by atoms with Gasteiger partial charge in [-0.05, 0) is 30.5 Å². The number of nitrogens with zero attached hydrogens (tertiary/aromatic N) is 1. The molecule has 2 aromatic rings. The van der Waals surface area contributed by atoms with E-state index in [-0.39, 0.29) is 43.4 Å². The largest absolute Gasteiger partial charge is 0.496 e. The van der Waals surface area contributed by atoms with Crippen LogP contribution < -0.4 is 15.8 Å². The van der Waals surface area contributed by atoms with Gasteiger partial charge in [0.15, 0.2) is 0 Å². The Morgan fingerprint density at radius 3 is 2.39 bits per heavy atom. The molecule has 152 valence electrons. The van der Waals surface area contributed by atoms with Gasteiger partial charge in [-0.15, -0.1) is 12.4 Å². The molecule has 3 N–H and O–H groups in total. The van der Waals surface area contributed by atoms with Crippen LogP contribution in [-0.2, 0) is 22.6 Å². The molecule has 0 fully saturated rings. The second kappa shape index (κ2) is 12.0. The Morgan fingerprint density at radius 1 is 1.11 bits per heavy atom. The first-order valence-electron chi connectivity index (χ1n) is 8.97. The molecular formula is C21H28ClN3O3. The highest BCUT2D eigenvalue weighted by atomic mass is 35.5. The molecule has 1 atom stereocenters. The van der Waals surface area contributed by atoms with Crippen molar-refractivity contribution in [3.8, 4) is 5.75 Å². The van der Waals surface area contributed by atoms with Crippen LogP contribution in [0.4, 0.5) is 0 Å². The van der Waals surface area contributed by atoms with Crippen LogP contribution in [0.25, 0.3) is 0 Å². The summed E-state index contributed by atoms with van der Waals surface area (Å²) in [6.07, 6.45) is 0.646. The Balaban J connectivity index is 0.00000392. The minimum absolute atomic E-state index is 0. The number of ether oxygens (including phenoxy) is 1. The van der Waals surface area contributed by atoms with E-state index in [2.05, 4.69) is 5.32 Å². The molecule has 0 saturated carbocycles. The summed E-state index contributed by atoms with van der Waals surface area (Å²) in [4.78, 5) is 26.0. The number of para-hydroxylation sites is 1. The van der Waals surface area contributed by atoms with Crippen LogP contribution >= 0.6 is 12.4 Å². The smallest absolute Gasteiger partial charge is 0.242 e. The molecule has 0 radical (unpaired) electrons. The van der Waals surface area contributed by atoms with Crippen molar-refractivity contribution < 1.29 is 14.3 Å². The highest BCUT2D eigenvalue weighted by Crippen LogP contribution is 2.21. The summed E-state index contributed by atoms with van der Waals surface area (Å²) in [5.41, 5.74) is 7.36. The van der Waals surface area contributed by atoms with E-state index in [1.54, 1.807) is 12.0 Å². The molecule has 6 nitrogen and oxygen atoms in total. The molecule has 2 rings (SSSR count). The van der Waals surface area contributed by atoms with Gasteiger partial charge in [-0.2, -0.15) is 0 Å². The summed E-state index contributed by atoms with van der Waals surface area (Å²) in [7, 11) is 1.64. The van der Waals surface area contributed by atoms with Crippen molar-refractivity contribution in [3.05, 3.63) is 65.7 Å². The normalized spacial score (nSPS) is 11.1. The van der Waals surface area contributed by atoms with E-state index < -0.39 is 0 Å². The molecule has 28 heavy (non-hydrogen) atoms. The number of benzene rings is 2. The van der Waals surface area contributed by atoms with Crippen molar-refractivity contribution in [1.29, 1.82) is 0 Å². The first kappa shape index (κ1) is 23.5. The Hall–Kier alpha value is -2.57. The third-order valence-electron chi connectivity index (χ3n) is 4.38. The second-order valence-corrected chi connectivity index (χ2v) is 6.35. The molecule has 2 aromatic carbocycles. The van der Waals surface area contributed by atoms with Gasteiger partial charge in [-0.3, -0.25) is 9.59 Å². The van der Waals surface area contributed by atoms with Crippen LogP contribution in [0, 0.1) is 0 Å². The fourth-order valence-corrected chi connectivity index (χ4v) is 2.92. The maximum atomic E-state index is 12.8. The predicted molar refractivity (Wildman–Crippen MR) is 112 cm³/mol. The van der Waals surface area contributed by atoms with Crippen LogP contribution in [0.3, 0.4) is 0 Å². The fourth-order valence-electron chi connectivity index (χ4n) is 2.92. The maximum Gasteiger partial charge on any atom is 0.242 e. The molecule has 0 saturated heterocycles. The lowest BCUT2D eigenvalue weighted by Gasteiger charge is -2.30. The van der Waals surface area contributed by atoms with Gasteiger partial charge in [0.05, 0.1) is 20.2 Å². The standard InChI is InChI=1S/C21H27N3O3.ClH/c1-16(12-18-10-6-7-11-19(18)27-2)24(15-17-8-4-3-5-9-17)21(26)14-23-20(25)13-22;/h3-11,16H,12-15,22H2,1-2H3,(H,23,25);1H. The quantitative estimate of drug-likeness (QED) is 0.669. The number of hydrogen-bond donors (Lipinski definition) is 2. The number of carbonyl (C=O) groups excluding carboxylic acids is 2. The van der Waals surface area contributed by atoms with Gasteiger partial charge in [0.2, 0.25) is 11.8 Å². The zero-order valence-corrected chi connectivity index (χ0v) is 17.1. The number of amides is 2. The topological polar surface area (TPSA) is 84.7 Å². The van der Waals surface area contributed by atoms with Crippen molar-refractivity contribution in [2.45, 2.75) is 25.9 Å². The second-order valence-electron chi connectivity index (χ2n) is 6.35. The van der Waals surface area contributed by atoms with E-state index in [1.165, 1.54) is 0 Å². The molecule has 0 aliphatic carbocycles. The van der Waals surface area contributed by atoms with Crippen LogP contribution in [0.15, 0.2) is 54.6 Å². The minimum Gasteiger partial charge on any atom is -0.496 e. The number of methoxy groups -OCH3 is 1. The summed E-state index contributed by atoms with van der Waals surface area (Å²) in [6, 6.07) is 17.5. The highest BCUT2D eigenvalue weighted by molar-refractivity contribution is 5.86. The van der Waals surface area contributed by atoms with Gasteiger partial charge in [0.1, 0.15) is 5.75 Å². The number of halogens is 1. The molecule has 0 heterocycles. The van der Waals surface area contributed by atoms with E-state index in [4.69, 9.17) is 10.5 Å². The molecule has 0 aromatic heterocycles. The number of nitrogens with one attached hydrogen (secondary N) is 1. The van der Waals surface area contributed by atoms with Crippen molar-refractivity contribution in [2.24, 2.45) is 5.73 Å². The first-order valence-corrected chi connectivity index (χ1v) is 8.97. The monoisotopic (exact) mass is 405 g/mol. The molecular weight excluding hydrogens is 378 g/mol. The summed E-state index contributed by atoms with van der Waals surface area (Å²) < 4.78 is 5.42. The molecule has 0 spiro atoms. The van der Waals surface area contributed by atoms with Gasteiger partial charge in [-0.1, -0.05) is 48.5 Å². The van der Waals surface area contributed by atoms with Crippen molar-refractivity contribution >= 4 is 24.2 Å². The lowest BCUT2D eigenvalue weighted by molar-refractivity contribution is -0.134. The molecule has 0 bridgehead atoms. The SMILES string of the molecule is COc1ccccc1CC(C)N(Cc1ccccc1)C(=O)CNC(=O)CN.Cl. The minimum atomic E-state index is -0.347. The van der Waals surface area contributed by atoms with E-state index in [0.29, 0.717) is 13.0 Å². The molecule has 7 heteroatoms. The number of rotatable bonds is 9. The summed E-state index contributed by atoms with van der Waals surface area (Å²) in [6.45, 7) is 2.26. The fraction of sp³-hybridized carbons (Fsp3) is 0.333. The van der Waals surface area contributed by atoms with Crippen LogP contribution in [0.1, 0.15) is 18.1 Å². The van der Waals surface area contributed by atoms with Crippen molar-refractivity contribution in [3.63, 3.8) is 0 Å². The number of carbonyl (C=O) groups is 2. The van der Waals surface area contributed by atoms with Crippen molar-refractivity contribution in [1.82, 2.24) is 10.2 Å². The van der Waals surface area contributed by atoms with E-state index in [1.807, 2.05) is 61.5 Å². The molecule has 0 aliphatic heterocycles. The zero-order chi connectivity index (χ0) is 19.6. The Kier molecular flexibility index (Phi) is 10.1. The van der Waals surface area contributed by atoms with Crippen LogP contribution in [0.5, 0.6) is 5.75 Å². The van der Waals surface area contributed by atoms with Gasteiger partial charge in [0.25, 0.3) is 0 Å². The van der Waals surface area contributed by atoms with E-state index in [9.17, 15) is 9.59 Å². The van der Waals surface area contributed by atoms with Crippen LogP contribution in [0.2, 0.25) is 0 Å². The lowest BCUT2D eigenvalue weighted by atomic mass is 10.0. The van der Waals surface area contributed by atoms with Crippen LogP contribution in [-0.4, -0.2) is 43.0 Å². The molecule has 2 amide bonds. The highest BCUT2D eigenvalue weighted by Gasteiger charge is 2.22. The Morgan fingerprint density at radius 2 is 1.75 bits per heavy atom. The number of hydrogen-bond acceptors (Lipinski definition) is 4. The van der Waals surface area contributed by atoms with Gasteiger partial charge >= 0.3 is 0 Å². The third kappa shape index (κ3) is 6.87. The lowest BCUT2D eigenvalue weighted by Crippen LogP contribution is -2.45. The third-order valence-corrected chi connectivity index (χ3v) is 4.38. The van der Waals surface area contributed by atoms with E-state index >= 15 is 0 Å². The average Bonchev–Trinajstić information content (AvgIpc) is 2.71. The Bertz CT molecular complexity index is 756. The van der Waals surface area contributed by atoms with Gasteiger partial charge in [0, 0.05) is 12.6 Å². The first-order chi connectivity index (χ1) is 13.0. The average molecular weight is 406 g/mol. The number of nitrogens with two attached hydrogens (primary N) is 1. The summed E-state index contributed by atoms with van der Waals surface area (Å²) in [5.74, 6) is 0.302. The summed E-state index contributed by atoms with van der Waals surface area (Å²) >= 11 is 0. The summed E-state index contributed by atoms with van der Waals surface area (Å²) in [5, 5.41) is 2.56. The van der Waals surface area contributed by atoms with E-state index in [0.717, 1.165) is 16.9 Å². The maximum absolute atomic E-state index is 12.8. The molecule has 0 aliphatic rings. The van der Waals surface area contributed by atoms with Gasteiger partial charge in [-0.25, -0.2) is 0 Å². The zero-order valence-electron chi connectivity index (χ0n) is 16.3. The van der Waals surface area contributed by atoms with Gasteiger partial charge < -0.3 is 20.7 Å². The van der Waals surface area contributed by atoms with Crippen molar-refractivity contribution in [2.75, 3.05) is 20.2 Å². The molecule has 1 unspecified atom stereocenters. The Labute approximate surface area is 172 Å². The predicted octanol–water partition coefficient (Wildman–Crippen LogP) is 2.15.